The van der Waals surface area contributed by atoms with Crippen molar-refractivity contribution in [3.8, 4) is 0 Å². The number of nitrogens with zero attached hydrogens (tertiary/aromatic N) is 7. The SMILES string of the molecule is O=C(O)CCn1ccc(=NN=CN=NCC(C(=O)O)[n+]2cn(C(=O)O)c3ccccc32)cc1.[Cl-]. The first-order valence-electron chi connectivity index (χ1n) is 9.64. The Morgan fingerprint density at radius 3 is 2.41 bits per heavy atom. The number of carboxylic acids is 2. The van der Waals surface area contributed by atoms with E-state index in [1.54, 1.807) is 53.4 Å². The van der Waals surface area contributed by atoms with E-state index in [0.717, 1.165) is 10.9 Å². The second-order valence-electron chi connectivity index (χ2n) is 6.73. The van der Waals surface area contributed by atoms with Crippen LogP contribution in [-0.2, 0) is 16.1 Å². The maximum absolute atomic E-state index is 11.8. The van der Waals surface area contributed by atoms with Crippen molar-refractivity contribution in [2.24, 2.45) is 20.4 Å². The number of para-hydroxylation sites is 2. The number of rotatable bonds is 9. The molecular formula is C20H20ClN7O6. The lowest BCUT2D eigenvalue weighted by Gasteiger charge is -2.05. The number of carboxylic acid groups (broad SMARTS) is 3. The zero-order valence-corrected chi connectivity index (χ0v) is 18.3. The van der Waals surface area contributed by atoms with E-state index in [9.17, 15) is 24.6 Å². The first-order chi connectivity index (χ1) is 15.9. The molecule has 1 atom stereocenters. The molecule has 14 heteroatoms. The molecule has 3 rings (SSSR count). The summed E-state index contributed by atoms with van der Waals surface area (Å²) in [4.78, 5) is 33.8. The molecule has 0 aliphatic heterocycles. The van der Waals surface area contributed by atoms with E-state index in [1.807, 2.05) is 0 Å². The van der Waals surface area contributed by atoms with Crippen molar-refractivity contribution in [2.75, 3.05) is 6.54 Å². The topological polar surface area (TPSA) is 175 Å². The molecule has 2 heterocycles. The molecule has 0 saturated heterocycles. The third-order valence-corrected chi connectivity index (χ3v) is 4.56. The Morgan fingerprint density at radius 2 is 1.76 bits per heavy atom. The third kappa shape index (κ3) is 6.56. The van der Waals surface area contributed by atoms with E-state index in [-0.39, 0.29) is 25.4 Å². The number of aromatic nitrogens is 3. The third-order valence-electron chi connectivity index (χ3n) is 4.56. The van der Waals surface area contributed by atoms with Crippen LogP contribution in [0.2, 0.25) is 0 Å². The van der Waals surface area contributed by atoms with Crippen molar-refractivity contribution in [3.63, 3.8) is 0 Å². The highest BCUT2D eigenvalue weighted by Gasteiger charge is 2.30. The Bertz CT molecular complexity index is 1290. The average Bonchev–Trinajstić information content (AvgIpc) is 3.17. The Morgan fingerprint density at radius 1 is 1.06 bits per heavy atom. The number of halogens is 1. The summed E-state index contributed by atoms with van der Waals surface area (Å²) in [6.07, 6.45) is 4.35. The Balaban J connectivity index is 0.00000408. The zero-order valence-electron chi connectivity index (χ0n) is 17.5. The normalized spacial score (nSPS) is 12.0. The monoisotopic (exact) mass is 489 g/mol. The van der Waals surface area contributed by atoms with Crippen molar-refractivity contribution in [1.82, 2.24) is 9.13 Å². The van der Waals surface area contributed by atoms with Crippen molar-refractivity contribution < 1.29 is 46.7 Å². The van der Waals surface area contributed by atoms with Gasteiger partial charge in [-0.3, -0.25) is 4.79 Å². The first kappa shape index (κ1) is 25.9. The summed E-state index contributed by atoms with van der Waals surface area (Å²) in [5.74, 6) is -2.09. The number of fused-ring (bicyclic) bond motifs is 1. The van der Waals surface area contributed by atoms with Crippen LogP contribution >= 0.6 is 0 Å². The van der Waals surface area contributed by atoms with Crippen LogP contribution in [0.15, 0.2) is 75.6 Å². The molecule has 13 nitrogen and oxygen atoms in total. The number of aliphatic carboxylic acids is 2. The molecule has 0 fully saturated rings. The van der Waals surface area contributed by atoms with E-state index in [1.165, 1.54) is 10.9 Å². The van der Waals surface area contributed by atoms with Gasteiger partial charge in [0.05, 0.1) is 11.8 Å². The molecule has 0 saturated carbocycles. The van der Waals surface area contributed by atoms with Gasteiger partial charge in [-0.05, 0) is 24.3 Å². The molecule has 1 aromatic carbocycles. The molecule has 3 aromatic rings. The van der Waals surface area contributed by atoms with E-state index < -0.39 is 24.1 Å². The lowest BCUT2D eigenvalue weighted by Crippen LogP contribution is -3.00. The molecule has 0 amide bonds. The van der Waals surface area contributed by atoms with Crippen LogP contribution in [0.25, 0.3) is 11.0 Å². The minimum atomic E-state index is -1.24. The summed E-state index contributed by atoms with van der Waals surface area (Å²) in [5.41, 5.74) is 0.775. The summed E-state index contributed by atoms with van der Waals surface area (Å²) in [5, 5.41) is 43.3. The van der Waals surface area contributed by atoms with E-state index >= 15 is 0 Å². The molecule has 178 valence electrons. The number of imidazole rings is 1. The molecule has 1 unspecified atom stereocenters. The van der Waals surface area contributed by atoms with Crippen molar-refractivity contribution in [2.45, 2.75) is 19.0 Å². The van der Waals surface area contributed by atoms with Gasteiger partial charge in [0.2, 0.25) is 6.04 Å². The summed E-state index contributed by atoms with van der Waals surface area (Å²) < 4.78 is 3.95. The van der Waals surface area contributed by atoms with E-state index in [0.29, 0.717) is 22.9 Å². The highest BCUT2D eigenvalue weighted by atomic mass is 35.5. The molecule has 34 heavy (non-hydrogen) atoms. The van der Waals surface area contributed by atoms with Crippen LogP contribution in [0.4, 0.5) is 4.79 Å². The maximum Gasteiger partial charge on any atom is 0.509 e. The molecule has 0 bridgehead atoms. The van der Waals surface area contributed by atoms with Crippen LogP contribution in [0.5, 0.6) is 0 Å². The molecule has 0 radical (unpaired) electrons. The van der Waals surface area contributed by atoms with Crippen molar-refractivity contribution >= 4 is 35.4 Å². The largest absolute Gasteiger partial charge is 1.00 e. The second-order valence-corrected chi connectivity index (χ2v) is 6.73. The molecule has 2 aromatic heterocycles. The standard InChI is InChI=1S/C20H19N7O6.ClH/c28-18(29)7-10-25-8-5-14(6-9-25)24-23-12-22-21-11-17(19(30)31)26-13-27(20(32)33)16-4-2-1-3-15(16)26;/h1-6,8-9,12-13,17H,7,10-11H2,(H2-,28,29,30,31,32,33);1H. The number of aryl methyl sites for hydroxylation is 1. The van der Waals surface area contributed by atoms with E-state index in [4.69, 9.17) is 5.11 Å². The van der Waals surface area contributed by atoms with Crippen LogP contribution in [0.1, 0.15) is 12.5 Å². The lowest BCUT2D eigenvalue weighted by atomic mass is 10.2. The molecule has 0 aliphatic carbocycles. The second kappa shape index (κ2) is 12.0. The summed E-state index contributed by atoms with van der Waals surface area (Å²) >= 11 is 0. The number of hydrogen-bond acceptors (Lipinski definition) is 6. The minimum absolute atomic E-state index is 0. The van der Waals surface area contributed by atoms with Gasteiger partial charge in [0, 0.05) is 18.9 Å². The molecule has 0 aliphatic rings. The van der Waals surface area contributed by atoms with Gasteiger partial charge in [0.25, 0.3) is 6.33 Å². The molecule has 0 spiro atoms. The average molecular weight is 490 g/mol. The number of hydrogen-bond donors (Lipinski definition) is 3. The fourth-order valence-corrected chi connectivity index (χ4v) is 2.99. The number of benzene rings is 1. The van der Waals surface area contributed by atoms with Gasteiger partial charge < -0.3 is 32.3 Å². The summed E-state index contributed by atoms with van der Waals surface area (Å²) in [6, 6.07) is 8.64. The lowest BCUT2D eigenvalue weighted by molar-refractivity contribution is -0.683. The highest BCUT2D eigenvalue weighted by molar-refractivity contribution is 5.84. The van der Waals surface area contributed by atoms with Crippen LogP contribution in [-0.4, -0.2) is 55.4 Å². The Hall–Kier alpha value is -4.39. The van der Waals surface area contributed by atoms with Crippen LogP contribution < -0.4 is 22.3 Å². The van der Waals surface area contributed by atoms with Crippen molar-refractivity contribution in [3.05, 3.63) is 60.5 Å². The predicted molar refractivity (Wildman–Crippen MR) is 113 cm³/mol. The fourth-order valence-electron chi connectivity index (χ4n) is 2.99. The number of carbonyl (C=O) groups is 3. The van der Waals surface area contributed by atoms with Gasteiger partial charge in [0.15, 0.2) is 17.4 Å². The van der Waals surface area contributed by atoms with Gasteiger partial charge in [-0.25, -0.2) is 9.36 Å². The smallest absolute Gasteiger partial charge is 0.509 e. The van der Waals surface area contributed by atoms with Gasteiger partial charge in [-0.1, -0.05) is 12.1 Å². The van der Waals surface area contributed by atoms with Gasteiger partial charge in [0.1, 0.15) is 6.54 Å². The van der Waals surface area contributed by atoms with E-state index in [2.05, 4.69) is 20.4 Å². The number of pyridine rings is 1. The quantitative estimate of drug-likeness (QED) is 0.107. The van der Waals surface area contributed by atoms with Crippen LogP contribution in [0.3, 0.4) is 0 Å². The number of azo groups is 1. The Kier molecular flexibility index (Phi) is 9.14. The zero-order chi connectivity index (χ0) is 23.8. The molecular weight excluding hydrogens is 470 g/mol. The fraction of sp³-hybridized carbons (Fsp3) is 0.200. The van der Waals surface area contributed by atoms with Gasteiger partial charge in [-0.15, -0.1) is 19.9 Å². The predicted octanol–water partition coefficient (Wildman–Crippen LogP) is -1.64. The highest BCUT2D eigenvalue weighted by Crippen LogP contribution is 2.13. The van der Waals surface area contributed by atoms with Crippen molar-refractivity contribution in [1.29, 1.82) is 0 Å². The van der Waals surface area contributed by atoms with Gasteiger partial charge >= 0.3 is 18.0 Å². The van der Waals surface area contributed by atoms with Gasteiger partial charge in [-0.2, -0.15) is 9.91 Å². The maximum atomic E-state index is 11.8. The first-order valence-corrected chi connectivity index (χ1v) is 9.64. The Labute approximate surface area is 198 Å². The summed E-state index contributed by atoms with van der Waals surface area (Å²) in [7, 11) is 0. The minimum Gasteiger partial charge on any atom is -1.00 e. The molecule has 3 N–H and O–H groups in total. The van der Waals surface area contributed by atoms with Crippen LogP contribution in [0, 0.1) is 0 Å². The summed E-state index contributed by atoms with van der Waals surface area (Å²) in [6.45, 7) is 0.0789.